The van der Waals surface area contributed by atoms with Gasteiger partial charge in [0.1, 0.15) is 17.2 Å². The second-order valence-corrected chi connectivity index (χ2v) is 7.06. The molecule has 2 aromatic carbocycles. The summed E-state index contributed by atoms with van der Waals surface area (Å²) < 4.78 is 18.0. The molecule has 148 valence electrons. The average Bonchev–Trinajstić information content (AvgIpc) is 3.34. The summed E-state index contributed by atoms with van der Waals surface area (Å²) in [7, 11) is 3.12. The summed E-state index contributed by atoms with van der Waals surface area (Å²) in [5, 5.41) is 4.84. The molecule has 4 aromatic rings. The van der Waals surface area contributed by atoms with E-state index in [2.05, 4.69) is 10.3 Å². The predicted molar refractivity (Wildman–Crippen MR) is 112 cm³/mol. The number of methoxy groups -OCH3 is 2. The van der Waals surface area contributed by atoms with E-state index in [1.807, 2.05) is 46.4 Å². The Bertz CT molecular complexity index is 1100. The van der Waals surface area contributed by atoms with Gasteiger partial charge in [0.15, 0.2) is 11.6 Å². The highest BCUT2D eigenvalue weighted by atomic mass is 32.1. The molecule has 8 heteroatoms. The average molecular weight is 409 g/mol. The maximum absolute atomic E-state index is 12.3. The van der Waals surface area contributed by atoms with Crippen LogP contribution >= 0.6 is 11.3 Å². The van der Waals surface area contributed by atoms with Crippen molar-refractivity contribution in [2.75, 3.05) is 26.1 Å². The number of ether oxygens (including phenoxy) is 3. The SMILES string of the molecule is COc1cc(OC)cc(OCC(=O)Nc2cccc(-c3cn4ccsc4n3)c2)c1. The molecule has 0 aliphatic rings. The number of amides is 1. The topological polar surface area (TPSA) is 74.1 Å². The molecule has 0 unspecified atom stereocenters. The molecule has 1 N–H and O–H groups in total. The molecule has 0 radical (unpaired) electrons. The molecular formula is C21H19N3O4S. The van der Waals surface area contributed by atoms with Crippen LogP contribution in [0.4, 0.5) is 5.69 Å². The van der Waals surface area contributed by atoms with Crippen molar-refractivity contribution in [1.82, 2.24) is 9.38 Å². The van der Waals surface area contributed by atoms with Crippen LogP contribution in [-0.4, -0.2) is 36.1 Å². The summed E-state index contributed by atoms with van der Waals surface area (Å²) >= 11 is 1.58. The quantitative estimate of drug-likeness (QED) is 0.498. The molecule has 2 aromatic heterocycles. The number of hydrogen-bond donors (Lipinski definition) is 1. The molecule has 0 fully saturated rings. The second kappa shape index (κ2) is 8.24. The van der Waals surface area contributed by atoms with Crippen LogP contribution < -0.4 is 19.5 Å². The minimum atomic E-state index is -0.269. The van der Waals surface area contributed by atoms with E-state index in [0.717, 1.165) is 16.2 Å². The Kier molecular flexibility index (Phi) is 5.35. The summed E-state index contributed by atoms with van der Waals surface area (Å²) in [6.07, 6.45) is 3.93. The van der Waals surface area contributed by atoms with Crippen LogP contribution in [0.1, 0.15) is 0 Å². The van der Waals surface area contributed by atoms with Gasteiger partial charge in [-0.15, -0.1) is 11.3 Å². The molecule has 0 aliphatic carbocycles. The molecule has 2 heterocycles. The first-order valence-corrected chi connectivity index (χ1v) is 9.71. The van der Waals surface area contributed by atoms with Gasteiger partial charge in [-0.25, -0.2) is 4.98 Å². The van der Waals surface area contributed by atoms with Gasteiger partial charge >= 0.3 is 0 Å². The molecule has 0 spiro atoms. The first-order valence-electron chi connectivity index (χ1n) is 8.83. The molecule has 0 saturated heterocycles. The van der Waals surface area contributed by atoms with Crippen LogP contribution in [0.15, 0.2) is 60.2 Å². The van der Waals surface area contributed by atoms with Crippen molar-refractivity contribution in [2.45, 2.75) is 0 Å². The number of aromatic nitrogens is 2. The number of rotatable bonds is 7. The molecule has 0 atom stereocenters. The summed E-state index contributed by atoms with van der Waals surface area (Å²) in [5.74, 6) is 1.40. The third-order valence-corrected chi connectivity index (χ3v) is 5.00. The first kappa shape index (κ1) is 18.8. The lowest BCUT2D eigenvalue weighted by Crippen LogP contribution is -2.20. The zero-order chi connectivity index (χ0) is 20.2. The smallest absolute Gasteiger partial charge is 0.262 e. The van der Waals surface area contributed by atoms with Crippen molar-refractivity contribution in [3.63, 3.8) is 0 Å². The van der Waals surface area contributed by atoms with Crippen LogP contribution in [0.3, 0.4) is 0 Å². The molecule has 0 saturated carbocycles. The van der Waals surface area contributed by atoms with Crippen molar-refractivity contribution >= 4 is 27.9 Å². The summed E-state index contributed by atoms with van der Waals surface area (Å²) in [5.41, 5.74) is 2.46. The van der Waals surface area contributed by atoms with E-state index < -0.39 is 0 Å². The van der Waals surface area contributed by atoms with E-state index in [0.29, 0.717) is 22.9 Å². The number of nitrogens with zero attached hydrogens (tertiary/aromatic N) is 2. The van der Waals surface area contributed by atoms with Crippen molar-refractivity contribution in [3.8, 4) is 28.5 Å². The lowest BCUT2D eigenvalue weighted by Gasteiger charge is -2.11. The highest BCUT2D eigenvalue weighted by Gasteiger charge is 2.09. The predicted octanol–water partition coefficient (Wildman–Crippen LogP) is 4.10. The highest BCUT2D eigenvalue weighted by Crippen LogP contribution is 2.27. The zero-order valence-electron chi connectivity index (χ0n) is 15.9. The fraction of sp³-hybridized carbons (Fsp3) is 0.143. The van der Waals surface area contributed by atoms with Gasteiger partial charge in [0.2, 0.25) is 0 Å². The normalized spacial score (nSPS) is 10.7. The minimum Gasteiger partial charge on any atom is -0.496 e. The molecule has 0 bridgehead atoms. The number of anilines is 1. The van der Waals surface area contributed by atoms with E-state index in [1.54, 1.807) is 43.8 Å². The van der Waals surface area contributed by atoms with Gasteiger partial charge in [-0.3, -0.25) is 9.20 Å². The fourth-order valence-corrected chi connectivity index (χ4v) is 3.53. The number of thiazole rings is 1. The Morgan fingerprint density at radius 1 is 1.10 bits per heavy atom. The van der Waals surface area contributed by atoms with Crippen molar-refractivity contribution < 1.29 is 19.0 Å². The molecular weight excluding hydrogens is 390 g/mol. The van der Waals surface area contributed by atoms with Crippen molar-refractivity contribution in [3.05, 3.63) is 60.2 Å². The Balaban J connectivity index is 1.42. The van der Waals surface area contributed by atoms with Crippen LogP contribution in [0, 0.1) is 0 Å². The maximum atomic E-state index is 12.3. The van der Waals surface area contributed by atoms with Crippen molar-refractivity contribution in [1.29, 1.82) is 0 Å². The number of carbonyl (C=O) groups is 1. The molecule has 1 amide bonds. The van der Waals surface area contributed by atoms with E-state index in [4.69, 9.17) is 14.2 Å². The third-order valence-electron chi connectivity index (χ3n) is 4.23. The molecule has 29 heavy (non-hydrogen) atoms. The lowest BCUT2D eigenvalue weighted by molar-refractivity contribution is -0.118. The van der Waals surface area contributed by atoms with Crippen LogP contribution in [0.2, 0.25) is 0 Å². The summed E-state index contributed by atoms with van der Waals surface area (Å²) in [6.45, 7) is -0.138. The van der Waals surface area contributed by atoms with Gasteiger partial charge in [-0.2, -0.15) is 0 Å². The van der Waals surface area contributed by atoms with Crippen LogP contribution in [0.25, 0.3) is 16.2 Å². The van der Waals surface area contributed by atoms with E-state index in [-0.39, 0.29) is 12.5 Å². The van der Waals surface area contributed by atoms with Gasteiger partial charge in [-0.1, -0.05) is 12.1 Å². The lowest BCUT2D eigenvalue weighted by atomic mass is 10.1. The Morgan fingerprint density at radius 3 is 2.59 bits per heavy atom. The number of carbonyl (C=O) groups excluding carboxylic acids is 1. The molecule has 7 nitrogen and oxygen atoms in total. The van der Waals surface area contributed by atoms with Crippen molar-refractivity contribution in [2.24, 2.45) is 0 Å². The van der Waals surface area contributed by atoms with Crippen LogP contribution in [-0.2, 0) is 4.79 Å². The fourth-order valence-electron chi connectivity index (χ4n) is 2.83. The van der Waals surface area contributed by atoms with E-state index in [9.17, 15) is 4.79 Å². The Labute approximate surface area is 171 Å². The first-order chi connectivity index (χ1) is 14.1. The minimum absolute atomic E-state index is 0.138. The molecule has 0 aliphatic heterocycles. The third kappa shape index (κ3) is 4.33. The van der Waals surface area contributed by atoms with Gasteiger partial charge < -0.3 is 19.5 Å². The number of nitrogens with one attached hydrogen (secondary N) is 1. The van der Waals surface area contributed by atoms with Crippen LogP contribution in [0.5, 0.6) is 17.2 Å². The zero-order valence-corrected chi connectivity index (χ0v) is 16.7. The van der Waals surface area contributed by atoms with Gasteiger partial charge in [0.05, 0.1) is 19.9 Å². The number of hydrogen-bond acceptors (Lipinski definition) is 6. The second-order valence-electron chi connectivity index (χ2n) is 6.19. The van der Waals surface area contributed by atoms with E-state index >= 15 is 0 Å². The number of benzene rings is 2. The largest absolute Gasteiger partial charge is 0.496 e. The van der Waals surface area contributed by atoms with E-state index in [1.165, 1.54) is 0 Å². The number of imidazole rings is 1. The Morgan fingerprint density at radius 2 is 1.86 bits per heavy atom. The highest BCUT2D eigenvalue weighted by molar-refractivity contribution is 7.15. The maximum Gasteiger partial charge on any atom is 0.262 e. The summed E-state index contributed by atoms with van der Waals surface area (Å²) in [4.78, 5) is 17.8. The summed E-state index contributed by atoms with van der Waals surface area (Å²) in [6, 6.07) is 12.7. The van der Waals surface area contributed by atoms with Gasteiger partial charge in [0, 0.05) is 47.2 Å². The standard InChI is InChI=1S/C21H19N3O4S/c1-26-16-9-17(27-2)11-18(10-16)28-13-20(25)22-15-5-3-4-14(8-15)19-12-24-6-7-29-21(24)23-19/h3-12H,13H2,1-2H3,(H,22,25). The molecule has 4 rings (SSSR count). The van der Waals surface area contributed by atoms with Gasteiger partial charge in [-0.05, 0) is 12.1 Å². The van der Waals surface area contributed by atoms with Gasteiger partial charge in [0.25, 0.3) is 5.91 Å². The monoisotopic (exact) mass is 409 g/mol. The Hall–Kier alpha value is -3.52. The number of fused-ring (bicyclic) bond motifs is 1.